The normalized spacial score (nSPS) is 14.2. The molecule has 0 atom stereocenters. The summed E-state index contributed by atoms with van der Waals surface area (Å²) in [4.78, 5) is 16.8. The van der Waals surface area contributed by atoms with E-state index in [0.717, 1.165) is 29.7 Å². The predicted molar refractivity (Wildman–Crippen MR) is 130 cm³/mol. The van der Waals surface area contributed by atoms with Crippen LogP contribution < -0.4 is 9.47 Å². The summed E-state index contributed by atoms with van der Waals surface area (Å²) >= 11 is 5.94. The molecule has 1 heterocycles. The summed E-state index contributed by atoms with van der Waals surface area (Å²) < 4.78 is 17.1. The molecule has 3 aromatic carbocycles. The predicted octanol–water partition coefficient (Wildman–Crippen LogP) is 6.44. The van der Waals surface area contributed by atoms with Crippen molar-refractivity contribution in [2.75, 3.05) is 6.61 Å². The highest BCUT2D eigenvalue weighted by molar-refractivity contribution is 6.30. The molecule has 0 radical (unpaired) electrons. The minimum Gasteiger partial charge on any atom is -0.494 e. The van der Waals surface area contributed by atoms with E-state index in [-0.39, 0.29) is 11.6 Å². The summed E-state index contributed by atoms with van der Waals surface area (Å²) in [5, 5.41) is 0.677. The van der Waals surface area contributed by atoms with Gasteiger partial charge in [0.05, 0.1) is 6.61 Å². The largest absolute Gasteiger partial charge is 0.494 e. The monoisotopic (exact) mass is 461 g/mol. The third-order valence-corrected chi connectivity index (χ3v) is 5.26. The first-order valence-corrected chi connectivity index (χ1v) is 11.2. The molecule has 1 aliphatic rings. The van der Waals surface area contributed by atoms with E-state index in [1.54, 1.807) is 6.08 Å². The molecule has 0 aromatic heterocycles. The van der Waals surface area contributed by atoms with Gasteiger partial charge in [-0.2, -0.15) is 0 Å². The average molecular weight is 462 g/mol. The lowest BCUT2D eigenvalue weighted by Crippen LogP contribution is -2.05. The number of hydrogen-bond acceptors (Lipinski definition) is 5. The van der Waals surface area contributed by atoms with E-state index in [2.05, 4.69) is 11.9 Å². The molecule has 0 amide bonds. The van der Waals surface area contributed by atoms with Crippen molar-refractivity contribution < 1.29 is 19.0 Å². The zero-order chi connectivity index (χ0) is 23.0. The number of unbranched alkanes of at least 4 members (excludes halogenated alkanes) is 1. The zero-order valence-electron chi connectivity index (χ0n) is 18.3. The molecule has 0 fully saturated rings. The molecule has 0 aliphatic carbocycles. The second kappa shape index (κ2) is 10.8. The number of carbonyl (C=O) groups is 1. The van der Waals surface area contributed by atoms with Crippen molar-refractivity contribution in [2.45, 2.75) is 26.4 Å². The third kappa shape index (κ3) is 6.02. The van der Waals surface area contributed by atoms with Crippen LogP contribution in [0.3, 0.4) is 0 Å². The minimum atomic E-state index is -0.499. The summed E-state index contributed by atoms with van der Waals surface area (Å²) in [6.45, 7) is 3.18. The van der Waals surface area contributed by atoms with Crippen molar-refractivity contribution in [1.29, 1.82) is 0 Å². The van der Waals surface area contributed by atoms with Crippen molar-refractivity contribution in [1.82, 2.24) is 0 Å². The summed E-state index contributed by atoms with van der Waals surface area (Å²) in [6, 6.07) is 22.3. The maximum Gasteiger partial charge on any atom is 0.363 e. The van der Waals surface area contributed by atoms with Crippen molar-refractivity contribution in [3.63, 3.8) is 0 Å². The van der Waals surface area contributed by atoms with Gasteiger partial charge in [-0.3, -0.25) is 0 Å². The summed E-state index contributed by atoms with van der Waals surface area (Å²) in [5.41, 5.74) is 2.66. The maximum absolute atomic E-state index is 12.4. The van der Waals surface area contributed by atoms with Gasteiger partial charge in [-0.25, -0.2) is 9.79 Å². The van der Waals surface area contributed by atoms with Gasteiger partial charge in [-0.15, -0.1) is 0 Å². The number of rotatable bonds is 9. The Labute approximate surface area is 198 Å². The molecule has 5 nitrogen and oxygen atoms in total. The highest BCUT2D eigenvalue weighted by Crippen LogP contribution is 2.26. The average Bonchev–Trinajstić information content (AvgIpc) is 3.20. The van der Waals surface area contributed by atoms with E-state index in [1.165, 1.54) is 0 Å². The Morgan fingerprint density at radius 3 is 2.48 bits per heavy atom. The fourth-order valence-electron chi connectivity index (χ4n) is 3.18. The van der Waals surface area contributed by atoms with Crippen LogP contribution in [0.1, 0.15) is 36.5 Å². The zero-order valence-corrected chi connectivity index (χ0v) is 19.0. The number of cyclic esters (lactones) is 1. The molecule has 1 aliphatic heterocycles. The van der Waals surface area contributed by atoms with Crippen molar-refractivity contribution in [2.24, 2.45) is 4.99 Å². The first-order chi connectivity index (χ1) is 16.1. The number of benzene rings is 3. The lowest BCUT2D eigenvalue weighted by Gasteiger charge is -2.09. The summed E-state index contributed by atoms with van der Waals surface area (Å²) in [5.74, 6) is 1.19. The number of esters is 1. The molecule has 4 rings (SSSR count). The number of nitrogens with zero attached hydrogens (tertiary/aromatic N) is 1. The van der Waals surface area contributed by atoms with Crippen LogP contribution in [-0.4, -0.2) is 18.5 Å². The minimum absolute atomic E-state index is 0.218. The van der Waals surface area contributed by atoms with Crippen molar-refractivity contribution in [3.8, 4) is 11.5 Å². The Hall–Kier alpha value is -3.57. The van der Waals surface area contributed by atoms with E-state index in [0.29, 0.717) is 29.5 Å². The number of ether oxygens (including phenoxy) is 3. The Morgan fingerprint density at radius 2 is 1.73 bits per heavy atom. The molecule has 0 unspecified atom stereocenters. The van der Waals surface area contributed by atoms with Gasteiger partial charge in [0.25, 0.3) is 0 Å². The van der Waals surface area contributed by atoms with Gasteiger partial charge in [-0.05, 0) is 60.5 Å². The molecule has 6 heteroatoms. The van der Waals surface area contributed by atoms with Crippen LogP contribution >= 0.6 is 11.6 Å². The second-order valence-corrected chi connectivity index (χ2v) is 7.95. The van der Waals surface area contributed by atoms with E-state index >= 15 is 0 Å². The number of hydrogen-bond donors (Lipinski definition) is 0. The second-order valence-electron chi connectivity index (χ2n) is 7.52. The van der Waals surface area contributed by atoms with Crippen molar-refractivity contribution in [3.05, 3.63) is 100 Å². The number of halogens is 1. The lowest BCUT2D eigenvalue weighted by molar-refractivity contribution is -0.129. The molecule has 0 bridgehead atoms. The highest BCUT2D eigenvalue weighted by Gasteiger charge is 2.24. The Morgan fingerprint density at radius 1 is 0.970 bits per heavy atom. The third-order valence-electron chi connectivity index (χ3n) is 5.01. The standard InChI is InChI=1S/C27H24ClNO4/c1-2-3-16-31-23-14-10-20(11-15-23)26-29-24(27(30)33-26)17-21-6-4-5-7-25(21)32-18-19-8-12-22(28)13-9-19/h4-15,17H,2-3,16,18H2,1H3/b24-17+. The quantitative estimate of drug-likeness (QED) is 0.209. The van der Waals surface area contributed by atoms with E-state index in [4.69, 9.17) is 25.8 Å². The van der Waals surface area contributed by atoms with Crippen LogP contribution in [0.15, 0.2) is 83.5 Å². The van der Waals surface area contributed by atoms with Gasteiger partial charge in [0, 0.05) is 16.1 Å². The van der Waals surface area contributed by atoms with E-state index in [9.17, 15) is 4.79 Å². The maximum atomic E-state index is 12.4. The molecule has 0 N–H and O–H groups in total. The molecule has 3 aromatic rings. The van der Waals surface area contributed by atoms with Crippen LogP contribution in [0, 0.1) is 0 Å². The first-order valence-electron chi connectivity index (χ1n) is 10.8. The Kier molecular flexibility index (Phi) is 7.43. The fourth-order valence-corrected chi connectivity index (χ4v) is 3.31. The Bertz CT molecular complexity index is 1170. The van der Waals surface area contributed by atoms with Crippen LogP contribution in [0.5, 0.6) is 11.5 Å². The van der Waals surface area contributed by atoms with Crippen LogP contribution in [0.4, 0.5) is 0 Å². The fraction of sp³-hybridized carbons (Fsp3) is 0.185. The Balaban J connectivity index is 1.48. The molecular weight excluding hydrogens is 438 g/mol. The highest BCUT2D eigenvalue weighted by atomic mass is 35.5. The number of para-hydroxylation sites is 1. The van der Waals surface area contributed by atoms with Crippen LogP contribution in [0.25, 0.3) is 6.08 Å². The van der Waals surface area contributed by atoms with Gasteiger partial charge in [0.2, 0.25) is 5.90 Å². The summed E-state index contributed by atoms with van der Waals surface area (Å²) in [7, 11) is 0. The lowest BCUT2D eigenvalue weighted by atomic mass is 10.1. The van der Waals surface area contributed by atoms with Gasteiger partial charge in [-0.1, -0.05) is 55.3 Å². The molecule has 33 heavy (non-hydrogen) atoms. The summed E-state index contributed by atoms with van der Waals surface area (Å²) in [6.07, 6.45) is 3.76. The van der Waals surface area contributed by atoms with E-state index < -0.39 is 5.97 Å². The molecule has 0 saturated carbocycles. The van der Waals surface area contributed by atoms with Crippen molar-refractivity contribution >= 4 is 29.5 Å². The van der Waals surface area contributed by atoms with Crippen LogP contribution in [0.2, 0.25) is 5.02 Å². The molecule has 168 valence electrons. The van der Waals surface area contributed by atoms with Crippen LogP contribution in [-0.2, 0) is 16.1 Å². The van der Waals surface area contributed by atoms with Gasteiger partial charge >= 0.3 is 5.97 Å². The topological polar surface area (TPSA) is 57.1 Å². The molecular formula is C27H24ClNO4. The van der Waals surface area contributed by atoms with Gasteiger partial charge in [0.15, 0.2) is 5.70 Å². The SMILES string of the molecule is CCCCOc1ccc(C2=N/C(=C/c3ccccc3OCc3ccc(Cl)cc3)C(=O)O2)cc1. The smallest absolute Gasteiger partial charge is 0.363 e. The van der Waals surface area contributed by atoms with Gasteiger partial charge in [0.1, 0.15) is 18.1 Å². The van der Waals surface area contributed by atoms with E-state index in [1.807, 2.05) is 72.8 Å². The molecule has 0 saturated heterocycles. The number of carbonyl (C=O) groups excluding carboxylic acids is 1. The molecule has 0 spiro atoms. The van der Waals surface area contributed by atoms with Gasteiger partial charge < -0.3 is 14.2 Å². The number of aliphatic imine (C=N–C) groups is 1. The first kappa shape index (κ1) is 22.6.